The first kappa shape index (κ1) is 11.8. The van der Waals surface area contributed by atoms with Gasteiger partial charge in [0.05, 0.1) is 6.61 Å². The smallest absolute Gasteiger partial charge is 0.110 e. The maximum absolute atomic E-state index is 9.56. The zero-order valence-electron chi connectivity index (χ0n) is 7.88. The third-order valence-corrected chi connectivity index (χ3v) is 1.98. The van der Waals surface area contributed by atoms with E-state index in [1.165, 1.54) is 0 Å². The minimum absolute atomic E-state index is 0.0375. The highest BCUT2D eigenvalue weighted by Gasteiger charge is 2.25. The number of aliphatic hydroxyl groups is 2. The molecular weight excluding hydrogens is 156 g/mol. The highest BCUT2D eigenvalue weighted by atomic mass is 16.3. The summed E-state index contributed by atoms with van der Waals surface area (Å²) in [6, 6.07) is 0. The predicted molar refractivity (Wildman–Crippen MR) is 48.5 cm³/mol. The van der Waals surface area contributed by atoms with Crippen molar-refractivity contribution >= 4 is 0 Å². The van der Waals surface area contributed by atoms with E-state index < -0.39 is 6.23 Å². The average Bonchev–Trinajstić information content (AvgIpc) is 2.00. The van der Waals surface area contributed by atoms with Gasteiger partial charge in [-0.3, -0.25) is 5.32 Å². The molecule has 0 heterocycles. The van der Waals surface area contributed by atoms with Gasteiger partial charge in [-0.25, -0.2) is 0 Å². The first-order valence-corrected chi connectivity index (χ1v) is 4.27. The van der Waals surface area contributed by atoms with Gasteiger partial charge in [-0.15, -0.1) is 0 Å². The molecule has 0 aliphatic rings. The van der Waals surface area contributed by atoms with Gasteiger partial charge in [0.15, 0.2) is 0 Å². The normalized spacial score (nSPS) is 14.8. The molecule has 0 radical (unpaired) electrons. The molecule has 4 heteroatoms. The van der Waals surface area contributed by atoms with Gasteiger partial charge in [-0.1, -0.05) is 13.8 Å². The summed E-state index contributed by atoms with van der Waals surface area (Å²) in [5.41, 5.74) is 5.16. The summed E-state index contributed by atoms with van der Waals surface area (Å²) >= 11 is 0. The Labute approximate surface area is 73.8 Å². The molecule has 74 valence electrons. The molecule has 0 aliphatic heterocycles. The lowest BCUT2D eigenvalue weighted by Crippen LogP contribution is -2.43. The Morgan fingerprint density at radius 2 is 2.08 bits per heavy atom. The molecular formula is C8H20N2O2. The van der Waals surface area contributed by atoms with E-state index in [1.807, 2.05) is 13.8 Å². The van der Waals surface area contributed by atoms with Crippen molar-refractivity contribution in [2.75, 3.05) is 19.7 Å². The molecule has 0 aromatic carbocycles. The summed E-state index contributed by atoms with van der Waals surface area (Å²) in [6.45, 7) is 4.89. The van der Waals surface area contributed by atoms with Crippen LogP contribution in [0, 0.1) is 5.41 Å². The summed E-state index contributed by atoms with van der Waals surface area (Å²) < 4.78 is 0. The number of aliphatic hydroxyl groups excluding tert-OH is 2. The highest BCUT2D eigenvalue weighted by molar-refractivity contribution is 4.76. The topological polar surface area (TPSA) is 78.5 Å². The standard InChI is InChI=1S/C8H20N2O2/c1-8(2,3-4-9)7(12)10-5-6-11/h7,10-12H,3-6,9H2,1-2H3. The summed E-state index contributed by atoms with van der Waals surface area (Å²) in [6.07, 6.45) is 0.153. The first-order chi connectivity index (χ1) is 5.54. The fourth-order valence-corrected chi connectivity index (χ4v) is 0.986. The molecule has 1 atom stereocenters. The largest absolute Gasteiger partial charge is 0.395 e. The molecule has 0 saturated carbocycles. The quantitative estimate of drug-likeness (QED) is 0.402. The van der Waals surface area contributed by atoms with E-state index in [4.69, 9.17) is 10.8 Å². The zero-order chi connectivity index (χ0) is 9.61. The molecule has 0 spiro atoms. The maximum Gasteiger partial charge on any atom is 0.110 e. The minimum Gasteiger partial charge on any atom is -0.395 e. The molecule has 0 bridgehead atoms. The van der Waals surface area contributed by atoms with Crippen molar-refractivity contribution in [2.45, 2.75) is 26.5 Å². The van der Waals surface area contributed by atoms with E-state index in [1.54, 1.807) is 0 Å². The summed E-state index contributed by atoms with van der Waals surface area (Å²) in [5, 5.41) is 20.9. The second-order valence-corrected chi connectivity index (χ2v) is 3.61. The number of nitrogens with one attached hydrogen (secondary N) is 1. The SMILES string of the molecule is CC(C)(CCN)C(O)NCCO. The van der Waals surface area contributed by atoms with Gasteiger partial charge >= 0.3 is 0 Å². The Morgan fingerprint density at radius 1 is 1.50 bits per heavy atom. The highest BCUT2D eigenvalue weighted by Crippen LogP contribution is 2.22. The Bertz CT molecular complexity index is 118. The molecule has 4 nitrogen and oxygen atoms in total. The lowest BCUT2D eigenvalue weighted by atomic mass is 9.87. The number of hydrogen-bond acceptors (Lipinski definition) is 4. The van der Waals surface area contributed by atoms with Crippen molar-refractivity contribution in [3.8, 4) is 0 Å². The van der Waals surface area contributed by atoms with E-state index in [0.29, 0.717) is 13.1 Å². The Balaban J connectivity index is 3.79. The van der Waals surface area contributed by atoms with Crippen LogP contribution in [0.1, 0.15) is 20.3 Å². The van der Waals surface area contributed by atoms with Crippen LogP contribution in [0.3, 0.4) is 0 Å². The number of hydrogen-bond donors (Lipinski definition) is 4. The fourth-order valence-electron chi connectivity index (χ4n) is 0.986. The second kappa shape index (κ2) is 5.48. The van der Waals surface area contributed by atoms with E-state index >= 15 is 0 Å². The lowest BCUT2D eigenvalue weighted by molar-refractivity contribution is 0.0148. The molecule has 0 aromatic heterocycles. The molecule has 12 heavy (non-hydrogen) atoms. The monoisotopic (exact) mass is 176 g/mol. The van der Waals surface area contributed by atoms with Crippen LogP contribution in [0.15, 0.2) is 0 Å². The second-order valence-electron chi connectivity index (χ2n) is 3.61. The third kappa shape index (κ3) is 4.01. The van der Waals surface area contributed by atoms with Crippen LogP contribution >= 0.6 is 0 Å². The van der Waals surface area contributed by atoms with Gasteiger partial charge in [0.1, 0.15) is 6.23 Å². The van der Waals surface area contributed by atoms with Crippen LogP contribution in [0.4, 0.5) is 0 Å². The van der Waals surface area contributed by atoms with Crippen molar-refractivity contribution in [1.82, 2.24) is 5.32 Å². The number of nitrogens with two attached hydrogens (primary N) is 1. The van der Waals surface area contributed by atoms with Gasteiger partial charge in [-0.2, -0.15) is 0 Å². The average molecular weight is 176 g/mol. The van der Waals surface area contributed by atoms with Crippen LogP contribution in [0.2, 0.25) is 0 Å². The van der Waals surface area contributed by atoms with E-state index in [0.717, 1.165) is 6.42 Å². The summed E-state index contributed by atoms with van der Waals surface area (Å²) in [4.78, 5) is 0. The zero-order valence-corrected chi connectivity index (χ0v) is 7.88. The maximum atomic E-state index is 9.56. The van der Waals surface area contributed by atoms with Gasteiger partial charge in [0, 0.05) is 12.0 Å². The van der Waals surface area contributed by atoms with Crippen LogP contribution in [-0.2, 0) is 0 Å². The van der Waals surface area contributed by atoms with Crippen LogP contribution in [0.5, 0.6) is 0 Å². The van der Waals surface area contributed by atoms with E-state index in [9.17, 15) is 5.11 Å². The lowest BCUT2D eigenvalue weighted by Gasteiger charge is -2.30. The Morgan fingerprint density at radius 3 is 2.50 bits per heavy atom. The van der Waals surface area contributed by atoms with Gasteiger partial charge < -0.3 is 15.9 Å². The molecule has 0 rings (SSSR count). The van der Waals surface area contributed by atoms with Crippen molar-refractivity contribution in [3.05, 3.63) is 0 Å². The molecule has 1 unspecified atom stereocenters. The summed E-state index contributed by atoms with van der Waals surface area (Å²) in [5.74, 6) is 0. The molecule has 0 aliphatic carbocycles. The van der Waals surface area contributed by atoms with Gasteiger partial charge in [0.2, 0.25) is 0 Å². The van der Waals surface area contributed by atoms with Crippen LogP contribution in [0.25, 0.3) is 0 Å². The van der Waals surface area contributed by atoms with Crippen LogP contribution in [-0.4, -0.2) is 36.1 Å². The van der Waals surface area contributed by atoms with Crippen molar-refractivity contribution in [2.24, 2.45) is 11.1 Å². The van der Waals surface area contributed by atoms with Gasteiger partial charge in [-0.05, 0) is 13.0 Å². The van der Waals surface area contributed by atoms with Crippen LogP contribution < -0.4 is 11.1 Å². The molecule has 5 N–H and O–H groups in total. The van der Waals surface area contributed by atoms with Crippen molar-refractivity contribution < 1.29 is 10.2 Å². The van der Waals surface area contributed by atoms with E-state index in [2.05, 4.69) is 5.32 Å². The Hall–Kier alpha value is -0.160. The predicted octanol–water partition coefficient (Wildman–Crippen LogP) is -0.738. The molecule has 0 amide bonds. The first-order valence-electron chi connectivity index (χ1n) is 4.27. The molecule has 0 fully saturated rings. The minimum atomic E-state index is -0.604. The van der Waals surface area contributed by atoms with Crippen molar-refractivity contribution in [3.63, 3.8) is 0 Å². The fraction of sp³-hybridized carbons (Fsp3) is 1.00. The summed E-state index contributed by atoms with van der Waals surface area (Å²) in [7, 11) is 0. The molecule has 0 saturated heterocycles. The Kier molecular flexibility index (Phi) is 5.41. The van der Waals surface area contributed by atoms with Crippen molar-refractivity contribution in [1.29, 1.82) is 0 Å². The van der Waals surface area contributed by atoms with E-state index in [-0.39, 0.29) is 12.0 Å². The van der Waals surface area contributed by atoms with Gasteiger partial charge in [0.25, 0.3) is 0 Å². The third-order valence-electron chi connectivity index (χ3n) is 1.98. The molecule has 0 aromatic rings. The number of rotatable bonds is 6.